The summed E-state index contributed by atoms with van der Waals surface area (Å²) in [6.45, 7) is 1.75. The molecule has 0 bridgehead atoms. The van der Waals surface area contributed by atoms with E-state index in [-0.39, 0.29) is 16.3 Å². The summed E-state index contributed by atoms with van der Waals surface area (Å²) in [4.78, 5) is 0.128. The van der Waals surface area contributed by atoms with Crippen LogP contribution in [0.1, 0.15) is 11.3 Å². The number of nitrogens with two attached hydrogens (primary N) is 1. The topological polar surface area (TPSA) is 157 Å². The number of sulfonamides is 2. The molecule has 10 nitrogen and oxygen atoms in total. The summed E-state index contributed by atoms with van der Waals surface area (Å²) >= 11 is 0. The van der Waals surface area contributed by atoms with E-state index in [2.05, 4.69) is 20.2 Å². The maximum absolute atomic E-state index is 13.1. The quantitative estimate of drug-likeness (QED) is 0.261. The zero-order valence-electron chi connectivity index (χ0n) is 20.1. The average Bonchev–Trinajstić information content (AvgIpc) is 3.42. The molecule has 0 amide bonds. The summed E-state index contributed by atoms with van der Waals surface area (Å²) in [7, 11) is -7.64. The summed E-state index contributed by atoms with van der Waals surface area (Å²) in [6, 6.07) is 21.9. The Hall–Kier alpha value is -4.10. The maximum atomic E-state index is 13.1. The number of nitrogens with zero attached hydrogens (tertiary/aromatic N) is 2. The van der Waals surface area contributed by atoms with E-state index >= 15 is 0 Å². The van der Waals surface area contributed by atoms with E-state index in [1.54, 1.807) is 49.4 Å². The molecule has 0 spiro atoms. The van der Waals surface area contributed by atoms with Crippen molar-refractivity contribution in [1.29, 1.82) is 0 Å². The van der Waals surface area contributed by atoms with Gasteiger partial charge >= 0.3 is 0 Å². The summed E-state index contributed by atoms with van der Waals surface area (Å²) in [5, 5.41) is 18.6. The minimum atomic E-state index is -3.84. The predicted molar refractivity (Wildman–Crippen MR) is 144 cm³/mol. The predicted octanol–water partition coefficient (Wildman–Crippen LogP) is 4.07. The van der Waals surface area contributed by atoms with Gasteiger partial charge in [0.15, 0.2) is 5.82 Å². The van der Waals surface area contributed by atoms with Crippen LogP contribution in [-0.2, 0) is 26.6 Å². The monoisotopic (exact) mass is 549 g/mol. The van der Waals surface area contributed by atoms with E-state index in [1.165, 1.54) is 18.4 Å². The number of aryl methyl sites for hydroxylation is 1. The SMILES string of the molecule is Cc1ccc(-c2nnc(Nc3ccc(S(N)(=O)=O)cc3)c3ccccc23)cc1S(=O)(=O)NCc1ccco1. The van der Waals surface area contributed by atoms with Crippen LogP contribution in [0.15, 0.2) is 99.3 Å². The van der Waals surface area contributed by atoms with Crippen LogP contribution in [0, 0.1) is 6.92 Å². The first-order valence-corrected chi connectivity index (χ1v) is 14.4. The fourth-order valence-electron chi connectivity index (χ4n) is 3.97. The van der Waals surface area contributed by atoms with Gasteiger partial charge in [-0.05, 0) is 55.0 Å². The van der Waals surface area contributed by atoms with Gasteiger partial charge in [0, 0.05) is 22.0 Å². The molecule has 5 aromatic rings. The Morgan fingerprint density at radius 1 is 0.868 bits per heavy atom. The molecular formula is C26H23N5O5S2. The minimum Gasteiger partial charge on any atom is -0.468 e. The van der Waals surface area contributed by atoms with E-state index in [4.69, 9.17) is 9.56 Å². The van der Waals surface area contributed by atoms with Crippen molar-refractivity contribution in [2.45, 2.75) is 23.3 Å². The zero-order valence-corrected chi connectivity index (χ0v) is 21.8. The fraction of sp³-hybridized carbons (Fsp3) is 0.0769. The Labute approximate surface area is 219 Å². The highest BCUT2D eigenvalue weighted by Crippen LogP contribution is 2.33. The molecule has 4 N–H and O–H groups in total. The molecule has 0 aliphatic heterocycles. The Morgan fingerprint density at radius 2 is 1.61 bits per heavy atom. The minimum absolute atomic E-state index is 0.00174. The second-order valence-corrected chi connectivity index (χ2v) is 11.8. The lowest BCUT2D eigenvalue weighted by Crippen LogP contribution is -2.23. The fourth-order valence-corrected chi connectivity index (χ4v) is 5.75. The largest absolute Gasteiger partial charge is 0.468 e. The van der Waals surface area contributed by atoms with E-state index < -0.39 is 20.0 Å². The first-order chi connectivity index (χ1) is 18.1. The van der Waals surface area contributed by atoms with Gasteiger partial charge in [-0.2, -0.15) is 0 Å². The van der Waals surface area contributed by atoms with Crippen molar-refractivity contribution in [3.05, 3.63) is 96.4 Å². The number of hydrogen-bond donors (Lipinski definition) is 3. The van der Waals surface area contributed by atoms with E-state index in [0.717, 1.165) is 10.8 Å². The molecule has 0 aliphatic carbocycles. The second-order valence-electron chi connectivity index (χ2n) is 8.52. The normalized spacial score (nSPS) is 12.1. The molecule has 38 heavy (non-hydrogen) atoms. The molecule has 0 aliphatic rings. The Morgan fingerprint density at radius 3 is 2.29 bits per heavy atom. The van der Waals surface area contributed by atoms with E-state index in [9.17, 15) is 16.8 Å². The van der Waals surface area contributed by atoms with Crippen LogP contribution in [0.4, 0.5) is 11.5 Å². The zero-order chi connectivity index (χ0) is 26.9. The van der Waals surface area contributed by atoms with Gasteiger partial charge in [-0.1, -0.05) is 36.4 Å². The molecule has 0 unspecified atom stereocenters. The Balaban J connectivity index is 1.50. The second kappa shape index (κ2) is 9.99. The molecule has 0 saturated carbocycles. The van der Waals surface area contributed by atoms with Gasteiger partial charge < -0.3 is 9.73 Å². The number of hydrogen-bond acceptors (Lipinski definition) is 8. The van der Waals surface area contributed by atoms with Gasteiger partial charge in [0.25, 0.3) is 0 Å². The van der Waals surface area contributed by atoms with E-state index in [1.807, 2.05) is 24.3 Å². The van der Waals surface area contributed by atoms with Gasteiger partial charge in [-0.3, -0.25) is 0 Å². The number of rotatable bonds is 8. The number of aromatic nitrogens is 2. The van der Waals surface area contributed by atoms with Crippen molar-refractivity contribution in [2.24, 2.45) is 5.14 Å². The molecule has 0 fully saturated rings. The summed E-state index contributed by atoms with van der Waals surface area (Å²) in [6.07, 6.45) is 1.48. The van der Waals surface area contributed by atoms with Gasteiger partial charge in [-0.15, -0.1) is 10.2 Å². The number of primary sulfonamides is 1. The number of anilines is 2. The maximum Gasteiger partial charge on any atom is 0.241 e. The highest BCUT2D eigenvalue weighted by atomic mass is 32.2. The molecule has 12 heteroatoms. The van der Waals surface area contributed by atoms with Gasteiger partial charge in [-0.25, -0.2) is 26.7 Å². The third kappa shape index (κ3) is 5.29. The van der Waals surface area contributed by atoms with E-state index in [0.29, 0.717) is 34.1 Å². The standard InChI is InChI=1S/C26H23N5O5S2/c1-17-8-9-18(15-24(17)38(34,35)28-16-20-5-4-14-36-20)25-22-6-2-3-7-23(22)26(31-30-25)29-19-10-12-21(13-11-19)37(27,32)33/h2-15,28H,16H2,1H3,(H,29,31)(H2,27,32,33). The first kappa shape index (κ1) is 25.5. The Bertz CT molecular complexity index is 1840. The van der Waals surface area contributed by atoms with Crippen LogP contribution < -0.4 is 15.2 Å². The average molecular weight is 550 g/mol. The summed E-state index contributed by atoms with van der Waals surface area (Å²) in [5.74, 6) is 0.953. The molecule has 3 aromatic carbocycles. The van der Waals surface area contributed by atoms with Crippen LogP contribution in [0.5, 0.6) is 0 Å². The van der Waals surface area contributed by atoms with Crippen LogP contribution in [-0.4, -0.2) is 27.0 Å². The summed E-state index contributed by atoms with van der Waals surface area (Å²) < 4.78 is 57.1. The molecular weight excluding hydrogens is 526 g/mol. The van der Waals surface area contributed by atoms with Crippen LogP contribution in [0.2, 0.25) is 0 Å². The van der Waals surface area contributed by atoms with Crippen molar-refractivity contribution < 1.29 is 21.3 Å². The Kier molecular flexibility index (Phi) is 6.71. The van der Waals surface area contributed by atoms with Crippen molar-refractivity contribution in [2.75, 3.05) is 5.32 Å². The van der Waals surface area contributed by atoms with Gasteiger partial charge in [0.1, 0.15) is 11.5 Å². The molecule has 2 aromatic heterocycles. The molecule has 0 radical (unpaired) electrons. The summed E-state index contributed by atoms with van der Waals surface area (Å²) in [5.41, 5.74) is 2.27. The number of benzene rings is 3. The number of nitrogens with one attached hydrogen (secondary N) is 2. The molecule has 194 valence electrons. The smallest absolute Gasteiger partial charge is 0.241 e. The molecule has 2 heterocycles. The lowest BCUT2D eigenvalue weighted by molar-refractivity contribution is 0.498. The van der Waals surface area contributed by atoms with Crippen LogP contribution in [0.3, 0.4) is 0 Å². The van der Waals surface area contributed by atoms with Gasteiger partial charge in [0.05, 0.1) is 22.6 Å². The first-order valence-electron chi connectivity index (χ1n) is 11.4. The van der Waals surface area contributed by atoms with Crippen LogP contribution >= 0.6 is 0 Å². The molecule has 0 saturated heterocycles. The molecule has 0 atom stereocenters. The lowest BCUT2D eigenvalue weighted by atomic mass is 10.0. The van der Waals surface area contributed by atoms with Crippen molar-refractivity contribution in [3.63, 3.8) is 0 Å². The number of fused-ring (bicyclic) bond motifs is 1. The third-order valence-electron chi connectivity index (χ3n) is 5.90. The molecule has 5 rings (SSSR count). The highest BCUT2D eigenvalue weighted by molar-refractivity contribution is 7.89. The third-order valence-corrected chi connectivity index (χ3v) is 8.37. The van der Waals surface area contributed by atoms with Crippen molar-refractivity contribution >= 4 is 42.3 Å². The highest BCUT2D eigenvalue weighted by Gasteiger charge is 2.20. The lowest BCUT2D eigenvalue weighted by Gasteiger charge is -2.13. The van der Waals surface area contributed by atoms with Crippen LogP contribution in [0.25, 0.3) is 22.0 Å². The van der Waals surface area contributed by atoms with Crippen molar-refractivity contribution in [1.82, 2.24) is 14.9 Å². The van der Waals surface area contributed by atoms with Gasteiger partial charge in [0.2, 0.25) is 20.0 Å². The number of furan rings is 1. The van der Waals surface area contributed by atoms with Crippen molar-refractivity contribution in [3.8, 4) is 11.3 Å².